The second kappa shape index (κ2) is 7.44. The molecule has 0 aliphatic heterocycles. The Morgan fingerprint density at radius 3 is 2.73 bits per heavy atom. The van der Waals surface area contributed by atoms with Gasteiger partial charge < -0.3 is 14.8 Å². The highest BCUT2D eigenvalue weighted by atomic mass is 35.5. The van der Waals surface area contributed by atoms with Crippen molar-refractivity contribution in [1.29, 1.82) is 5.26 Å². The lowest BCUT2D eigenvalue weighted by molar-refractivity contribution is 0.0496. The van der Waals surface area contributed by atoms with E-state index < -0.39 is 18.3 Å². The summed E-state index contributed by atoms with van der Waals surface area (Å²) < 4.78 is 4.96. The minimum absolute atomic E-state index is 0.0562. The highest BCUT2D eigenvalue weighted by molar-refractivity contribution is 6.34. The number of nitrogens with one attached hydrogen (secondary N) is 1. The number of imidazole rings is 1. The van der Waals surface area contributed by atoms with Crippen molar-refractivity contribution in [3.8, 4) is 6.07 Å². The zero-order chi connectivity index (χ0) is 18.7. The Balaban J connectivity index is 1.82. The molecule has 3 aromatic rings. The molecule has 2 heterocycles. The van der Waals surface area contributed by atoms with E-state index in [9.17, 15) is 15.2 Å². The van der Waals surface area contributed by atoms with Crippen molar-refractivity contribution >= 4 is 45.8 Å². The van der Waals surface area contributed by atoms with Gasteiger partial charge in [-0.2, -0.15) is 5.26 Å². The number of hydrogen-bond donors (Lipinski definition) is 2. The van der Waals surface area contributed by atoms with Crippen LogP contribution in [0, 0.1) is 11.3 Å². The third-order valence-electron chi connectivity index (χ3n) is 3.37. The maximum atomic E-state index is 12.0. The number of esters is 1. The molecule has 0 fully saturated rings. The van der Waals surface area contributed by atoms with Crippen molar-refractivity contribution in [2.45, 2.75) is 0 Å². The third kappa shape index (κ3) is 3.61. The number of benzene rings is 1. The molecule has 0 saturated carbocycles. The number of halogens is 2. The van der Waals surface area contributed by atoms with Crippen LogP contribution in [-0.4, -0.2) is 32.6 Å². The van der Waals surface area contributed by atoms with Gasteiger partial charge in [0.15, 0.2) is 17.3 Å². The fourth-order valence-electron chi connectivity index (χ4n) is 2.16. The summed E-state index contributed by atoms with van der Waals surface area (Å²) in [5, 5.41) is 19.6. The second-order valence-corrected chi connectivity index (χ2v) is 5.87. The van der Waals surface area contributed by atoms with Crippen molar-refractivity contribution in [1.82, 2.24) is 15.0 Å². The molecule has 7 nitrogen and oxygen atoms in total. The van der Waals surface area contributed by atoms with Gasteiger partial charge in [0.1, 0.15) is 23.4 Å². The summed E-state index contributed by atoms with van der Waals surface area (Å²) in [6, 6.07) is 11.8. The van der Waals surface area contributed by atoms with Crippen LogP contribution >= 0.6 is 23.2 Å². The van der Waals surface area contributed by atoms with Crippen LogP contribution in [-0.2, 0) is 4.74 Å². The minimum atomic E-state index is -0.883. The molecule has 3 rings (SSSR count). The number of hydrogen-bond acceptors (Lipinski definition) is 6. The van der Waals surface area contributed by atoms with Crippen molar-refractivity contribution in [2.24, 2.45) is 0 Å². The van der Waals surface area contributed by atoms with Gasteiger partial charge in [-0.15, -0.1) is 0 Å². The molecule has 0 amide bonds. The Bertz CT molecular complexity index is 1040. The summed E-state index contributed by atoms with van der Waals surface area (Å²) in [4.78, 5) is 23.0. The predicted octanol–water partition coefficient (Wildman–Crippen LogP) is 3.91. The molecule has 9 heteroatoms. The fourth-order valence-corrected chi connectivity index (χ4v) is 2.49. The van der Waals surface area contributed by atoms with Crippen LogP contribution in [0.3, 0.4) is 0 Å². The van der Waals surface area contributed by atoms with Gasteiger partial charge in [-0.1, -0.05) is 35.3 Å². The number of carbonyl (C=O) groups excluding carboxylic acids is 1. The van der Waals surface area contributed by atoms with E-state index in [1.165, 1.54) is 12.1 Å². The molecule has 0 atom stereocenters. The van der Waals surface area contributed by atoms with Gasteiger partial charge in [0.25, 0.3) is 0 Å². The molecule has 0 aliphatic carbocycles. The highest BCUT2D eigenvalue weighted by Crippen LogP contribution is 2.20. The summed E-state index contributed by atoms with van der Waals surface area (Å²) in [5.41, 5.74) is 1.01. The van der Waals surface area contributed by atoms with E-state index in [0.717, 1.165) is 0 Å². The Morgan fingerprint density at radius 2 is 2.00 bits per heavy atom. The van der Waals surface area contributed by atoms with E-state index >= 15 is 0 Å². The number of para-hydroxylation sites is 2. The predicted molar refractivity (Wildman–Crippen MR) is 95.8 cm³/mol. The summed E-state index contributed by atoms with van der Waals surface area (Å²) in [7, 11) is 0. The average molecular weight is 389 g/mol. The van der Waals surface area contributed by atoms with Crippen molar-refractivity contribution in [3.63, 3.8) is 0 Å². The zero-order valence-electron chi connectivity index (χ0n) is 13.0. The SMILES string of the molecule is N#CC(=C(O)COC(=O)c1nc(Cl)ccc1Cl)c1nc2ccccc2[nH]1. The minimum Gasteiger partial charge on any atom is -0.507 e. The maximum absolute atomic E-state index is 12.0. The van der Waals surface area contributed by atoms with Crippen molar-refractivity contribution in [2.75, 3.05) is 6.61 Å². The number of carbonyl (C=O) groups is 1. The summed E-state index contributed by atoms with van der Waals surface area (Å²) in [6.45, 7) is -0.552. The molecule has 0 bridgehead atoms. The van der Waals surface area contributed by atoms with Gasteiger partial charge in [0.2, 0.25) is 0 Å². The molecule has 2 aromatic heterocycles. The molecule has 0 unspecified atom stereocenters. The number of aliphatic hydroxyl groups excluding tert-OH is 1. The van der Waals surface area contributed by atoms with Crippen molar-refractivity contribution in [3.05, 3.63) is 63.9 Å². The van der Waals surface area contributed by atoms with Crippen LogP contribution in [0.25, 0.3) is 16.6 Å². The van der Waals surface area contributed by atoms with Gasteiger partial charge in [-0.25, -0.2) is 14.8 Å². The third-order valence-corrected chi connectivity index (χ3v) is 3.89. The number of ether oxygens (including phenoxy) is 1. The van der Waals surface area contributed by atoms with Crippen LogP contribution in [0.1, 0.15) is 16.3 Å². The number of H-pyrrole nitrogens is 1. The standard InChI is InChI=1S/C17H10Cl2N4O3/c18-10-5-6-14(19)23-15(10)17(25)26-8-13(24)9(7-20)16-21-11-3-1-2-4-12(11)22-16/h1-6,24H,8H2,(H,21,22). The van der Waals surface area contributed by atoms with Crippen LogP contribution in [0.15, 0.2) is 42.2 Å². The number of allylic oxidation sites excluding steroid dienone is 1. The van der Waals surface area contributed by atoms with E-state index in [1.54, 1.807) is 18.2 Å². The number of pyridine rings is 1. The van der Waals surface area contributed by atoms with Crippen molar-refractivity contribution < 1.29 is 14.6 Å². The van der Waals surface area contributed by atoms with Crippen LogP contribution < -0.4 is 0 Å². The molecular weight excluding hydrogens is 379 g/mol. The van der Waals surface area contributed by atoms with Gasteiger partial charge in [-0.05, 0) is 24.3 Å². The van der Waals surface area contributed by atoms with E-state index in [2.05, 4.69) is 15.0 Å². The Kier molecular flexibility index (Phi) is 5.07. The number of aromatic amines is 1. The first-order valence-corrected chi connectivity index (χ1v) is 8.01. The molecule has 0 saturated heterocycles. The first-order chi connectivity index (χ1) is 12.5. The summed E-state index contributed by atoms with van der Waals surface area (Å²) >= 11 is 11.6. The highest BCUT2D eigenvalue weighted by Gasteiger charge is 2.18. The first kappa shape index (κ1) is 17.7. The van der Waals surface area contributed by atoms with Crippen LogP contribution in [0.5, 0.6) is 0 Å². The topological polar surface area (TPSA) is 112 Å². The van der Waals surface area contributed by atoms with E-state index in [1.807, 2.05) is 12.1 Å². The lowest BCUT2D eigenvalue weighted by Gasteiger charge is -2.06. The zero-order valence-corrected chi connectivity index (χ0v) is 14.5. The number of fused-ring (bicyclic) bond motifs is 1. The largest absolute Gasteiger partial charge is 0.507 e. The molecule has 130 valence electrons. The Hall–Kier alpha value is -3.08. The molecule has 26 heavy (non-hydrogen) atoms. The average Bonchev–Trinajstić information content (AvgIpc) is 3.06. The Labute approximate surface area is 157 Å². The van der Waals surface area contributed by atoms with Gasteiger partial charge in [0.05, 0.1) is 16.1 Å². The first-order valence-electron chi connectivity index (χ1n) is 7.26. The van der Waals surface area contributed by atoms with Crippen LogP contribution in [0.2, 0.25) is 10.2 Å². The van der Waals surface area contributed by atoms with Gasteiger partial charge in [0, 0.05) is 0 Å². The summed E-state index contributed by atoms with van der Waals surface area (Å²) in [6.07, 6.45) is 0. The normalized spacial score (nSPS) is 11.7. The second-order valence-electron chi connectivity index (χ2n) is 5.08. The number of aliphatic hydroxyl groups is 1. The van der Waals surface area contributed by atoms with E-state index in [-0.39, 0.29) is 27.3 Å². The lowest BCUT2D eigenvalue weighted by atomic mass is 10.2. The molecular formula is C17H10Cl2N4O3. The molecule has 2 N–H and O–H groups in total. The number of nitrogens with zero attached hydrogens (tertiary/aromatic N) is 3. The van der Waals surface area contributed by atoms with Crippen LogP contribution in [0.4, 0.5) is 0 Å². The molecule has 1 aromatic carbocycles. The maximum Gasteiger partial charge on any atom is 0.358 e. The number of nitriles is 1. The van der Waals surface area contributed by atoms with Gasteiger partial charge in [-0.3, -0.25) is 0 Å². The smallest absolute Gasteiger partial charge is 0.358 e. The fraction of sp³-hybridized carbons (Fsp3) is 0.0588. The number of rotatable bonds is 4. The van der Waals surface area contributed by atoms with E-state index in [0.29, 0.717) is 11.0 Å². The number of aromatic nitrogens is 3. The monoisotopic (exact) mass is 388 g/mol. The molecule has 0 radical (unpaired) electrons. The molecule has 0 aliphatic rings. The van der Waals surface area contributed by atoms with E-state index in [4.69, 9.17) is 27.9 Å². The lowest BCUT2D eigenvalue weighted by Crippen LogP contribution is -2.11. The Morgan fingerprint density at radius 1 is 1.23 bits per heavy atom. The van der Waals surface area contributed by atoms with Gasteiger partial charge >= 0.3 is 5.97 Å². The quantitative estimate of drug-likeness (QED) is 0.303. The summed E-state index contributed by atoms with van der Waals surface area (Å²) in [5.74, 6) is -1.18. The molecule has 0 spiro atoms.